The van der Waals surface area contributed by atoms with Crippen molar-refractivity contribution in [2.45, 2.75) is 13.8 Å². The van der Waals surface area contributed by atoms with Crippen molar-refractivity contribution in [2.24, 2.45) is 0 Å². The van der Waals surface area contributed by atoms with Crippen molar-refractivity contribution in [2.75, 3.05) is 0 Å². The van der Waals surface area contributed by atoms with E-state index in [-0.39, 0.29) is 5.56 Å². The first-order chi connectivity index (χ1) is 5.18. The number of rotatable bonds is 1. The van der Waals surface area contributed by atoms with Gasteiger partial charge in [0.25, 0.3) is 5.56 Å². The Balaban J connectivity index is 3.07. The summed E-state index contributed by atoms with van der Waals surface area (Å²) in [4.78, 5) is 17.1. The maximum Gasteiger partial charge on any atom is 0.251 e. The van der Waals surface area contributed by atoms with E-state index in [2.05, 4.69) is 9.97 Å². The molecule has 0 saturated carbocycles. The van der Waals surface area contributed by atoms with Crippen molar-refractivity contribution in [3.8, 4) is 0 Å². The number of aromatic nitrogens is 2. The van der Waals surface area contributed by atoms with Crippen LogP contribution in [-0.4, -0.2) is 9.97 Å². The first-order valence-electron chi connectivity index (χ1n) is 3.38. The molecule has 0 radical (unpaired) electrons. The summed E-state index contributed by atoms with van der Waals surface area (Å²) in [6.45, 7) is 3.92. The number of hydrogen-bond donors (Lipinski definition) is 1. The second-order valence-electron chi connectivity index (χ2n) is 2.56. The summed E-state index contributed by atoms with van der Waals surface area (Å²) >= 11 is 0. The van der Waals surface area contributed by atoms with Gasteiger partial charge in [-0.05, 0) is 19.9 Å². The molecule has 11 heavy (non-hydrogen) atoms. The minimum Gasteiger partial charge on any atom is -0.313 e. The largest absolute Gasteiger partial charge is 0.313 e. The summed E-state index contributed by atoms with van der Waals surface area (Å²) < 4.78 is 0. The van der Waals surface area contributed by atoms with Crippen molar-refractivity contribution >= 4 is 6.08 Å². The molecular weight excluding hydrogens is 140 g/mol. The number of allylic oxidation sites excluding steroid dienone is 1. The van der Waals surface area contributed by atoms with Crippen LogP contribution < -0.4 is 5.56 Å². The second kappa shape index (κ2) is 3.14. The van der Waals surface area contributed by atoms with Crippen molar-refractivity contribution in [1.29, 1.82) is 0 Å². The van der Waals surface area contributed by atoms with Gasteiger partial charge in [-0.3, -0.25) is 4.79 Å². The molecule has 0 unspecified atom stereocenters. The highest BCUT2D eigenvalue weighted by atomic mass is 16.1. The number of aromatic amines is 1. The average Bonchev–Trinajstić information content (AvgIpc) is 1.85. The molecule has 58 valence electrons. The summed E-state index contributed by atoms with van der Waals surface area (Å²) in [5.74, 6) is 0. The fourth-order valence-corrected chi connectivity index (χ4v) is 0.758. The van der Waals surface area contributed by atoms with Gasteiger partial charge in [-0.25, -0.2) is 4.98 Å². The zero-order valence-corrected chi connectivity index (χ0v) is 6.59. The van der Waals surface area contributed by atoms with Gasteiger partial charge in [0.2, 0.25) is 0 Å². The fraction of sp³-hybridized carbons (Fsp3) is 0.250. The van der Waals surface area contributed by atoms with E-state index in [0.29, 0.717) is 5.69 Å². The molecule has 0 aliphatic rings. The minimum atomic E-state index is -0.118. The summed E-state index contributed by atoms with van der Waals surface area (Å²) in [6, 6.07) is 1.47. The Morgan fingerprint density at radius 1 is 1.64 bits per heavy atom. The first kappa shape index (κ1) is 7.72. The molecule has 0 amide bonds. The number of nitrogens with one attached hydrogen (secondary N) is 1. The van der Waals surface area contributed by atoms with Crippen LogP contribution in [0.4, 0.5) is 0 Å². The van der Waals surface area contributed by atoms with Gasteiger partial charge in [-0.15, -0.1) is 0 Å². The molecule has 0 aliphatic carbocycles. The predicted octanol–water partition coefficient (Wildman–Crippen LogP) is 1.19. The van der Waals surface area contributed by atoms with E-state index in [0.717, 1.165) is 5.57 Å². The van der Waals surface area contributed by atoms with E-state index in [1.807, 2.05) is 19.9 Å². The molecule has 1 N–H and O–H groups in total. The molecule has 0 aliphatic heterocycles. The highest BCUT2D eigenvalue weighted by molar-refractivity contribution is 5.46. The Morgan fingerprint density at radius 3 is 2.91 bits per heavy atom. The van der Waals surface area contributed by atoms with Crippen molar-refractivity contribution in [1.82, 2.24) is 9.97 Å². The summed E-state index contributed by atoms with van der Waals surface area (Å²) in [7, 11) is 0. The molecule has 0 spiro atoms. The number of H-pyrrole nitrogens is 1. The number of hydrogen-bond acceptors (Lipinski definition) is 2. The van der Waals surface area contributed by atoms with Crippen LogP contribution in [0.25, 0.3) is 6.08 Å². The molecule has 0 atom stereocenters. The second-order valence-corrected chi connectivity index (χ2v) is 2.56. The Hall–Kier alpha value is -1.38. The van der Waals surface area contributed by atoms with Crippen molar-refractivity contribution in [3.63, 3.8) is 0 Å². The highest BCUT2D eigenvalue weighted by Gasteiger charge is 1.88. The molecule has 1 heterocycles. The Bertz CT molecular complexity index is 321. The van der Waals surface area contributed by atoms with Gasteiger partial charge in [0.1, 0.15) is 0 Å². The fourth-order valence-electron chi connectivity index (χ4n) is 0.758. The van der Waals surface area contributed by atoms with E-state index in [1.165, 1.54) is 12.4 Å². The normalized spacial score (nSPS) is 9.27. The lowest BCUT2D eigenvalue weighted by Gasteiger charge is -1.90. The van der Waals surface area contributed by atoms with Crippen LogP contribution in [0.5, 0.6) is 0 Å². The standard InChI is InChI=1S/C8H10N2O/c1-6(2)3-7-4-8(11)10-5-9-7/h3-5H,1-2H3,(H,9,10,11). The lowest BCUT2D eigenvalue weighted by atomic mass is 10.3. The monoisotopic (exact) mass is 150 g/mol. The molecule has 3 heteroatoms. The van der Waals surface area contributed by atoms with E-state index in [9.17, 15) is 4.79 Å². The van der Waals surface area contributed by atoms with Crippen LogP contribution >= 0.6 is 0 Å². The zero-order chi connectivity index (χ0) is 8.27. The van der Waals surface area contributed by atoms with Crippen LogP contribution in [0.1, 0.15) is 19.5 Å². The van der Waals surface area contributed by atoms with Crippen LogP contribution in [0.15, 0.2) is 22.8 Å². The Morgan fingerprint density at radius 2 is 2.36 bits per heavy atom. The molecule has 1 rings (SSSR count). The Kier molecular flexibility index (Phi) is 2.21. The summed E-state index contributed by atoms with van der Waals surface area (Å²) in [5.41, 5.74) is 1.71. The molecule has 0 fully saturated rings. The first-order valence-corrected chi connectivity index (χ1v) is 3.38. The third-order valence-electron chi connectivity index (χ3n) is 1.14. The maximum atomic E-state index is 10.7. The SMILES string of the molecule is CC(C)=Cc1cc(=O)[nH]cn1. The third-order valence-corrected chi connectivity index (χ3v) is 1.14. The van der Waals surface area contributed by atoms with Crippen LogP contribution in [0.3, 0.4) is 0 Å². The van der Waals surface area contributed by atoms with Gasteiger partial charge in [0.15, 0.2) is 0 Å². The van der Waals surface area contributed by atoms with Crippen molar-refractivity contribution < 1.29 is 0 Å². The maximum absolute atomic E-state index is 10.7. The van der Waals surface area contributed by atoms with Gasteiger partial charge in [-0.1, -0.05) is 5.57 Å². The molecule has 0 saturated heterocycles. The van der Waals surface area contributed by atoms with Gasteiger partial charge in [0, 0.05) is 6.07 Å². The molecule has 3 nitrogen and oxygen atoms in total. The van der Waals surface area contributed by atoms with E-state index in [4.69, 9.17) is 0 Å². The van der Waals surface area contributed by atoms with E-state index >= 15 is 0 Å². The molecule has 0 bridgehead atoms. The molecule has 0 aromatic carbocycles. The minimum absolute atomic E-state index is 0.118. The third kappa shape index (κ3) is 2.37. The van der Waals surface area contributed by atoms with Gasteiger partial charge in [-0.2, -0.15) is 0 Å². The van der Waals surface area contributed by atoms with Gasteiger partial charge < -0.3 is 4.98 Å². The van der Waals surface area contributed by atoms with Crippen LogP contribution in [0.2, 0.25) is 0 Å². The summed E-state index contributed by atoms with van der Waals surface area (Å²) in [5, 5.41) is 0. The van der Waals surface area contributed by atoms with Gasteiger partial charge >= 0.3 is 0 Å². The Labute approximate surface area is 64.8 Å². The van der Waals surface area contributed by atoms with Gasteiger partial charge in [0.05, 0.1) is 12.0 Å². The smallest absolute Gasteiger partial charge is 0.251 e. The van der Waals surface area contributed by atoms with Crippen molar-refractivity contribution in [3.05, 3.63) is 34.0 Å². The number of nitrogens with zero attached hydrogens (tertiary/aromatic N) is 1. The molecular formula is C8H10N2O. The van der Waals surface area contributed by atoms with Crippen LogP contribution in [-0.2, 0) is 0 Å². The highest BCUT2D eigenvalue weighted by Crippen LogP contribution is 1.97. The molecule has 1 aromatic heterocycles. The average molecular weight is 150 g/mol. The lowest BCUT2D eigenvalue weighted by molar-refractivity contribution is 1.10. The topological polar surface area (TPSA) is 45.8 Å². The predicted molar refractivity (Wildman–Crippen MR) is 44.2 cm³/mol. The zero-order valence-electron chi connectivity index (χ0n) is 6.59. The van der Waals surface area contributed by atoms with E-state index in [1.54, 1.807) is 0 Å². The molecule has 1 aromatic rings. The summed E-state index contributed by atoms with van der Waals surface area (Å²) in [6.07, 6.45) is 3.26. The lowest BCUT2D eigenvalue weighted by Crippen LogP contribution is -2.04. The quantitative estimate of drug-likeness (QED) is 0.653. The van der Waals surface area contributed by atoms with E-state index < -0.39 is 0 Å². The van der Waals surface area contributed by atoms with Crippen LogP contribution in [0, 0.1) is 0 Å².